The number of nitrogens with zero attached hydrogens (tertiary/aromatic N) is 1. The molecule has 0 amide bonds. The minimum atomic E-state index is 0.549. The first-order valence-corrected chi connectivity index (χ1v) is 5.52. The van der Waals surface area contributed by atoms with Crippen molar-refractivity contribution < 1.29 is 4.74 Å². The highest BCUT2D eigenvalue weighted by Gasteiger charge is 2.05. The standard InChI is InChI=1S/C13H18N2O/c1-11-6-5-7-12(10-15-2)13(11)16-9-4-3-8-14/h5-7,15H,3-4,9-10H2,1-2H3. The summed E-state index contributed by atoms with van der Waals surface area (Å²) in [6, 6.07) is 8.25. The molecular formula is C13H18N2O. The molecule has 0 aliphatic heterocycles. The van der Waals surface area contributed by atoms with Crippen molar-refractivity contribution in [1.82, 2.24) is 5.32 Å². The smallest absolute Gasteiger partial charge is 0.126 e. The number of aryl methyl sites for hydroxylation is 1. The maximum Gasteiger partial charge on any atom is 0.126 e. The Labute approximate surface area is 97.0 Å². The minimum Gasteiger partial charge on any atom is -0.493 e. The van der Waals surface area contributed by atoms with Crippen LogP contribution in [-0.4, -0.2) is 13.7 Å². The number of hydrogen-bond donors (Lipinski definition) is 1. The molecule has 0 aliphatic rings. The fraction of sp³-hybridized carbons (Fsp3) is 0.462. The third-order valence-electron chi connectivity index (χ3n) is 2.34. The van der Waals surface area contributed by atoms with Gasteiger partial charge in [-0.2, -0.15) is 5.26 Å². The Bertz CT molecular complexity index is 369. The molecule has 1 aromatic carbocycles. The maximum absolute atomic E-state index is 8.44. The van der Waals surface area contributed by atoms with E-state index in [2.05, 4.69) is 17.5 Å². The van der Waals surface area contributed by atoms with Crippen LogP contribution in [0.2, 0.25) is 0 Å². The van der Waals surface area contributed by atoms with Gasteiger partial charge in [0.15, 0.2) is 0 Å². The van der Waals surface area contributed by atoms with E-state index in [1.807, 2.05) is 26.1 Å². The first-order valence-electron chi connectivity index (χ1n) is 5.52. The highest BCUT2D eigenvalue weighted by atomic mass is 16.5. The largest absolute Gasteiger partial charge is 0.493 e. The van der Waals surface area contributed by atoms with Crippen LogP contribution in [-0.2, 0) is 6.54 Å². The van der Waals surface area contributed by atoms with Crippen LogP contribution < -0.4 is 10.1 Å². The van der Waals surface area contributed by atoms with Gasteiger partial charge in [-0.25, -0.2) is 0 Å². The van der Waals surface area contributed by atoms with Crippen molar-refractivity contribution in [3.8, 4) is 11.8 Å². The Balaban J connectivity index is 2.65. The molecule has 0 heterocycles. The molecule has 0 saturated carbocycles. The lowest BCUT2D eigenvalue weighted by molar-refractivity contribution is 0.307. The van der Waals surface area contributed by atoms with Crippen molar-refractivity contribution in [3.05, 3.63) is 29.3 Å². The van der Waals surface area contributed by atoms with Crippen molar-refractivity contribution in [2.75, 3.05) is 13.7 Å². The average molecular weight is 218 g/mol. The molecule has 1 N–H and O–H groups in total. The number of unbranched alkanes of at least 4 members (excludes halogenated alkanes) is 1. The van der Waals surface area contributed by atoms with Gasteiger partial charge < -0.3 is 10.1 Å². The van der Waals surface area contributed by atoms with Crippen LogP contribution in [0.15, 0.2) is 18.2 Å². The molecule has 0 aliphatic carbocycles. The normalized spacial score (nSPS) is 9.81. The van der Waals surface area contributed by atoms with Gasteiger partial charge >= 0.3 is 0 Å². The second kappa shape index (κ2) is 6.86. The van der Waals surface area contributed by atoms with Gasteiger partial charge in [-0.05, 0) is 26.0 Å². The van der Waals surface area contributed by atoms with Crippen LogP contribution >= 0.6 is 0 Å². The highest BCUT2D eigenvalue weighted by Crippen LogP contribution is 2.23. The van der Waals surface area contributed by atoms with Gasteiger partial charge in [0.25, 0.3) is 0 Å². The number of nitriles is 1. The van der Waals surface area contributed by atoms with Crippen molar-refractivity contribution in [2.45, 2.75) is 26.3 Å². The van der Waals surface area contributed by atoms with E-state index in [0.717, 1.165) is 24.3 Å². The molecule has 0 spiro atoms. The molecular weight excluding hydrogens is 200 g/mol. The van der Waals surface area contributed by atoms with Crippen LogP contribution in [0.1, 0.15) is 24.0 Å². The Hall–Kier alpha value is -1.53. The molecule has 0 saturated heterocycles. The van der Waals surface area contributed by atoms with Gasteiger partial charge in [0.05, 0.1) is 12.7 Å². The van der Waals surface area contributed by atoms with E-state index in [4.69, 9.17) is 10.00 Å². The summed E-state index contributed by atoms with van der Waals surface area (Å²) in [7, 11) is 1.92. The van der Waals surface area contributed by atoms with Gasteiger partial charge in [0.1, 0.15) is 5.75 Å². The first-order chi connectivity index (χ1) is 7.79. The summed E-state index contributed by atoms with van der Waals surface area (Å²) in [5, 5.41) is 11.6. The lowest BCUT2D eigenvalue weighted by Gasteiger charge is -2.13. The molecule has 86 valence electrons. The van der Waals surface area contributed by atoms with Gasteiger partial charge in [-0.1, -0.05) is 18.2 Å². The molecule has 0 bridgehead atoms. The number of benzene rings is 1. The second-order valence-corrected chi connectivity index (χ2v) is 3.70. The fourth-order valence-corrected chi connectivity index (χ4v) is 1.57. The Morgan fingerprint density at radius 3 is 2.94 bits per heavy atom. The van der Waals surface area contributed by atoms with Crippen molar-refractivity contribution in [1.29, 1.82) is 5.26 Å². The molecule has 0 radical (unpaired) electrons. The number of para-hydroxylation sites is 1. The molecule has 0 unspecified atom stereocenters. The fourth-order valence-electron chi connectivity index (χ4n) is 1.57. The lowest BCUT2D eigenvalue weighted by Crippen LogP contribution is -2.09. The first kappa shape index (κ1) is 12.5. The zero-order valence-electron chi connectivity index (χ0n) is 9.92. The quantitative estimate of drug-likeness (QED) is 0.746. The summed E-state index contributed by atoms with van der Waals surface area (Å²) in [6.45, 7) is 3.45. The van der Waals surface area contributed by atoms with Crippen molar-refractivity contribution in [2.24, 2.45) is 0 Å². The molecule has 0 aromatic heterocycles. The average Bonchev–Trinajstić information content (AvgIpc) is 2.28. The molecule has 3 heteroatoms. The number of hydrogen-bond acceptors (Lipinski definition) is 3. The number of ether oxygens (including phenoxy) is 1. The highest BCUT2D eigenvalue weighted by molar-refractivity contribution is 5.40. The summed E-state index contributed by atoms with van der Waals surface area (Å²) >= 11 is 0. The van der Waals surface area contributed by atoms with E-state index in [9.17, 15) is 0 Å². The maximum atomic E-state index is 8.44. The lowest BCUT2D eigenvalue weighted by atomic mass is 10.1. The van der Waals surface area contributed by atoms with Gasteiger partial charge in [-0.3, -0.25) is 0 Å². The summed E-state index contributed by atoms with van der Waals surface area (Å²) in [5.41, 5.74) is 2.31. The van der Waals surface area contributed by atoms with Crippen LogP contribution in [0, 0.1) is 18.3 Å². The molecule has 3 nitrogen and oxygen atoms in total. The predicted octanol–water partition coefficient (Wildman–Crippen LogP) is 2.40. The Morgan fingerprint density at radius 1 is 1.44 bits per heavy atom. The molecule has 0 atom stereocenters. The zero-order valence-corrected chi connectivity index (χ0v) is 9.92. The number of nitrogens with one attached hydrogen (secondary N) is 1. The molecule has 0 fully saturated rings. The third-order valence-corrected chi connectivity index (χ3v) is 2.34. The van der Waals surface area contributed by atoms with E-state index in [1.165, 1.54) is 5.56 Å². The van der Waals surface area contributed by atoms with Crippen LogP contribution in [0.4, 0.5) is 0 Å². The summed E-state index contributed by atoms with van der Waals surface area (Å²) in [6.07, 6.45) is 1.33. The summed E-state index contributed by atoms with van der Waals surface area (Å²) in [5.74, 6) is 0.954. The zero-order chi connectivity index (χ0) is 11.8. The predicted molar refractivity (Wildman–Crippen MR) is 64.3 cm³/mol. The summed E-state index contributed by atoms with van der Waals surface area (Å²) < 4.78 is 5.73. The van der Waals surface area contributed by atoms with Gasteiger partial charge in [0.2, 0.25) is 0 Å². The van der Waals surface area contributed by atoms with Crippen molar-refractivity contribution in [3.63, 3.8) is 0 Å². The van der Waals surface area contributed by atoms with Gasteiger partial charge in [0, 0.05) is 18.5 Å². The summed E-state index contributed by atoms with van der Waals surface area (Å²) in [4.78, 5) is 0. The molecule has 16 heavy (non-hydrogen) atoms. The van der Waals surface area contributed by atoms with Crippen LogP contribution in [0.3, 0.4) is 0 Å². The Kier molecular flexibility index (Phi) is 5.38. The topological polar surface area (TPSA) is 45.0 Å². The van der Waals surface area contributed by atoms with Crippen molar-refractivity contribution >= 4 is 0 Å². The van der Waals surface area contributed by atoms with Crippen LogP contribution in [0.5, 0.6) is 5.75 Å². The van der Waals surface area contributed by atoms with E-state index in [-0.39, 0.29) is 0 Å². The third kappa shape index (κ3) is 3.56. The van der Waals surface area contributed by atoms with E-state index < -0.39 is 0 Å². The monoisotopic (exact) mass is 218 g/mol. The van der Waals surface area contributed by atoms with Gasteiger partial charge in [-0.15, -0.1) is 0 Å². The molecule has 1 rings (SSSR count). The van der Waals surface area contributed by atoms with Crippen LogP contribution in [0.25, 0.3) is 0 Å². The second-order valence-electron chi connectivity index (χ2n) is 3.70. The van der Waals surface area contributed by atoms with E-state index in [1.54, 1.807) is 0 Å². The number of rotatable bonds is 6. The SMILES string of the molecule is CNCc1cccc(C)c1OCCCC#N. The van der Waals surface area contributed by atoms with E-state index >= 15 is 0 Å². The minimum absolute atomic E-state index is 0.549. The van der Waals surface area contributed by atoms with E-state index in [0.29, 0.717) is 13.0 Å². The molecule has 1 aromatic rings. The Morgan fingerprint density at radius 2 is 2.25 bits per heavy atom.